The highest BCUT2D eigenvalue weighted by Crippen LogP contribution is 2.20. The number of esters is 2. The van der Waals surface area contributed by atoms with Crippen molar-refractivity contribution in [2.24, 2.45) is 4.99 Å². The number of ether oxygens (including phenoxy) is 2. The van der Waals surface area contributed by atoms with Crippen molar-refractivity contribution in [3.8, 4) is 0 Å². The lowest BCUT2D eigenvalue weighted by molar-refractivity contribution is -0.141. The molecule has 10 heteroatoms. The van der Waals surface area contributed by atoms with Gasteiger partial charge in [0.05, 0.1) is 29.5 Å². The summed E-state index contributed by atoms with van der Waals surface area (Å²) in [6, 6.07) is 6.37. The molecular formula is C18H17N3O6S. The van der Waals surface area contributed by atoms with Gasteiger partial charge < -0.3 is 18.6 Å². The maximum Gasteiger partial charge on any atom is 0.338 e. The van der Waals surface area contributed by atoms with E-state index in [0.717, 1.165) is 11.3 Å². The molecule has 0 aliphatic rings. The molecule has 1 aromatic carbocycles. The first-order valence-electron chi connectivity index (χ1n) is 8.32. The minimum atomic E-state index is -0.604. The normalized spacial score (nSPS) is 11.6. The Morgan fingerprint density at radius 3 is 2.71 bits per heavy atom. The Morgan fingerprint density at radius 2 is 2.07 bits per heavy atom. The highest BCUT2D eigenvalue weighted by atomic mass is 32.1. The summed E-state index contributed by atoms with van der Waals surface area (Å²) >= 11 is 1.16. The second kappa shape index (κ2) is 8.17. The first-order valence-corrected chi connectivity index (χ1v) is 9.14. The molecular weight excluding hydrogens is 386 g/mol. The minimum Gasteiger partial charge on any atom is -0.468 e. The van der Waals surface area contributed by atoms with Crippen molar-refractivity contribution in [3.63, 3.8) is 0 Å². The van der Waals surface area contributed by atoms with Crippen LogP contribution in [0.5, 0.6) is 0 Å². The van der Waals surface area contributed by atoms with Crippen molar-refractivity contribution in [3.05, 3.63) is 46.1 Å². The van der Waals surface area contributed by atoms with E-state index in [1.807, 2.05) is 0 Å². The van der Waals surface area contributed by atoms with E-state index in [2.05, 4.69) is 10.1 Å². The molecule has 0 saturated carbocycles. The number of hydrogen-bond acceptors (Lipinski definition) is 8. The number of carbonyl (C=O) groups excluding carboxylic acids is 3. The van der Waals surface area contributed by atoms with Gasteiger partial charge >= 0.3 is 17.8 Å². The first-order chi connectivity index (χ1) is 13.4. The number of aryl methyl sites for hydroxylation is 1. The topological polar surface area (TPSA) is 113 Å². The maximum atomic E-state index is 12.4. The maximum absolute atomic E-state index is 12.4. The quantitative estimate of drug-likeness (QED) is 0.599. The molecule has 0 N–H and O–H groups in total. The van der Waals surface area contributed by atoms with Gasteiger partial charge in [-0.05, 0) is 32.0 Å². The van der Waals surface area contributed by atoms with Crippen molar-refractivity contribution in [1.82, 2.24) is 9.72 Å². The number of benzene rings is 1. The number of methoxy groups -OCH3 is 1. The first kappa shape index (κ1) is 19.5. The van der Waals surface area contributed by atoms with Crippen LogP contribution in [0.4, 0.5) is 0 Å². The third-order valence-electron chi connectivity index (χ3n) is 3.75. The zero-order chi connectivity index (χ0) is 20.3. The molecule has 0 unspecified atom stereocenters. The lowest BCUT2D eigenvalue weighted by Crippen LogP contribution is -2.22. The molecule has 0 saturated heterocycles. The fraction of sp³-hybridized carbons (Fsp3) is 0.278. The number of carbonyl (C=O) groups is 3. The van der Waals surface area contributed by atoms with Crippen LogP contribution in [-0.4, -0.2) is 41.3 Å². The second-order valence-electron chi connectivity index (χ2n) is 5.69. The van der Waals surface area contributed by atoms with Gasteiger partial charge in [0.2, 0.25) is 0 Å². The van der Waals surface area contributed by atoms with E-state index in [4.69, 9.17) is 14.0 Å². The van der Waals surface area contributed by atoms with Crippen molar-refractivity contribution in [2.75, 3.05) is 13.7 Å². The summed E-state index contributed by atoms with van der Waals surface area (Å²) < 4.78 is 16.9. The van der Waals surface area contributed by atoms with Crippen LogP contribution in [0.3, 0.4) is 0 Å². The minimum absolute atomic E-state index is 0.0618. The average molecular weight is 403 g/mol. The van der Waals surface area contributed by atoms with E-state index >= 15 is 0 Å². The van der Waals surface area contributed by atoms with Gasteiger partial charge in [0.25, 0.3) is 0 Å². The van der Waals surface area contributed by atoms with Gasteiger partial charge in [0.1, 0.15) is 12.3 Å². The van der Waals surface area contributed by atoms with Crippen molar-refractivity contribution in [1.29, 1.82) is 0 Å². The predicted molar refractivity (Wildman–Crippen MR) is 98.9 cm³/mol. The van der Waals surface area contributed by atoms with Gasteiger partial charge in [-0.3, -0.25) is 9.59 Å². The van der Waals surface area contributed by atoms with Crippen LogP contribution < -0.4 is 4.80 Å². The molecule has 146 valence electrons. The van der Waals surface area contributed by atoms with E-state index in [1.165, 1.54) is 13.2 Å². The predicted octanol–water partition coefficient (Wildman–Crippen LogP) is 2.09. The summed E-state index contributed by atoms with van der Waals surface area (Å²) in [4.78, 5) is 40.5. The SMILES string of the molecule is CCOC(=O)c1ccc2c(c1)sc(=NC(=O)c1cc(C)on1)n2CC(=O)OC. The Kier molecular flexibility index (Phi) is 5.69. The summed E-state index contributed by atoms with van der Waals surface area (Å²) in [7, 11) is 1.27. The molecule has 0 atom stereocenters. The van der Waals surface area contributed by atoms with E-state index in [-0.39, 0.29) is 23.6 Å². The Labute approximate surface area is 163 Å². The zero-order valence-electron chi connectivity index (χ0n) is 15.4. The molecule has 0 spiro atoms. The lowest BCUT2D eigenvalue weighted by atomic mass is 10.2. The monoisotopic (exact) mass is 403 g/mol. The van der Waals surface area contributed by atoms with E-state index in [1.54, 1.807) is 36.6 Å². The molecule has 9 nitrogen and oxygen atoms in total. The van der Waals surface area contributed by atoms with Crippen LogP contribution in [0, 0.1) is 6.92 Å². The van der Waals surface area contributed by atoms with Crippen LogP contribution in [0.25, 0.3) is 10.2 Å². The summed E-state index contributed by atoms with van der Waals surface area (Å²) in [6.45, 7) is 3.51. The fourth-order valence-corrected chi connectivity index (χ4v) is 3.52. The van der Waals surface area contributed by atoms with Crippen LogP contribution in [-0.2, 0) is 20.8 Å². The average Bonchev–Trinajstić information content (AvgIpc) is 3.25. The zero-order valence-corrected chi connectivity index (χ0v) is 16.2. The molecule has 0 aliphatic heterocycles. The Morgan fingerprint density at radius 1 is 1.29 bits per heavy atom. The second-order valence-corrected chi connectivity index (χ2v) is 6.70. The van der Waals surface area contributed by atoms with Crippen LogP contribution in [0.2, 0.25) is 0 Å². The highest BCUT2D eigenvalue weighted by molar-refractivity contribution is 7.16. The van der Waals surface area contributed by atoms with Crippen LogP contribution in [0.15, 0.2) is 33.8 Å². The Balaban J connectivity index is 2.12. The summed E-state index contributed by atoms with van der Waals surface area (Å²) in [5.74, 6) is -1.07. The van der Waals surface area contributed by atoms with Crippen molar-refractivity contribution in [2.45, 2.75) is 20.4 Å². The molecule has 0 bridgehead atoms. The smallest absolute Gasteiger partial charge is 0.338 e. The number of nitrogens with zero attached hydrogens (tertiary/aromatic N) is 3. The number of aromatic nitrogens is 2. The number of hydrogen-bond donors (Lipinski definition) is 0. The third-order valence-corrected chi connectivity index (χ3v) is 4.79. The fourth-order valence-electron chi connectivity index (χ4n) is 2.46. The third kappa shape index (κ3) is 4.01. The number of fused-ring (bicyclic) bond motifs is 1. The van der Waals surface area contributed by atoms with Crippen LogP contribution in [0.1, 0.15) is 33.5 Å². The summed E-state index contributed by atoms with van der Waals surface area (Å²) in [5, 5.41) is 3.65. The molecule has 2 heterocycles. The van der Waals surface area contributed by atoms with E-state index in [0.29, 0.717) is 21.5 Å². The van der Waals surface area contributed by atoms with Gasteiger partial charge in [0.15, 0.2) is 10.5 Å². The Bertz CT molecular complexity index is 1120. The Hall–Kier alpha value is -3.27. The summed E-state index contributed by atoms with van der Waals surface area (Å²) in [5.41, 5.74) is 1.06. The van der Waals surface area contributed by atoms with Crippen molar-refractivity contribution >= 4 is 39.4 Å². The lowest BCUT2D eigenvalue weighted by Gasteiger charge is -2.04. The highest BCUT2D eigenvalue weighted by Gasteiger charge is 2.16. The van der Waals surface area contributed by atoms with Gasteiger partial charge in [-0.2, -0.15) is 4.99 Å². The summed E-state index contributed by atoms with van der Waals surface area (Å²) in [6.07, 6.45) is 0. The molecule has 2 aromatic heterocycles. The number of thiazole rings is 1. The van der Waals surface area contributed by atoms with Gasteiger partial charge in [-0.25, -0.2) is 4.79 Å². The largest absolute Gasteiger partial charge is 0.468 e. The standard InChI is InChI=1S/C18H17N3O6S/c1-4-26-17(24)11-5-6-13-14(8-11)28-18(21(13)9-15(22)25-3)19-16(23)12-7-10(2)27-20-12/h5-8H,4,9H2,1-3H3. The van der Waals surface area contributed by atoms with Gasteiger partial charge in [-0.1, -0.05) is 16.5 Å². The molecule has 1 amide bonds. The molecule has 3 rings (SSSR count). The van der Waals surface area contributed by atoms with Crippen LogP contribution >= 0.6 is 11.3 Å². The van der Waals surface area contributed by atoms with Crippen molar-refractivity contribution < 1.29 is 28.4 Å². The van der Waals surface area contributed by atoms with Gasteiger partial charge in [-0.15, -0.1) is 0 Å². The molecule has 0 radical (unpaired) electrons. The number of rotatable bonds is 5. The molecule has 28 heavy (non-hydrogen) atoms. The van der Waals surface area contributed by atoms with Gasteiger partial charge in [0, 0.05) is 6.07 Å². The molecule has 0 fully saturated rings. The van der Waals surface area contributed by atoms with E-state index < -0.39 is 17.8 Å². The number of amides is 1. The van der Waals surface area contributed by atoms with E-state index in [9.17, 15) is 14.4 Å². The molecule has 0 aliphatic carbocycles. The molecule has 3 aromatic rings.